The van der Waals surface area contributed by atoms with Crippen LogP contribution in [0.2, 0.25) is 0 Å². The molecular formula is C11H18N4S. The van der Waals surface area contributed by atoms with Crippen molar-refractivity contribution in [1.82, 2.24) is 9.88 Å². The van der Waals surface area contributed by atoms with Gasteiger partial charge >= 0.3 is 0 Å². The quantitative estimate of drug-likeness (QED) is 0.752. The Bertz CT molecular complexity index is 365. The summed E-state index contributed by atoms with van der Waals surface area (Å²) in [7, 11) is 4.08. The molecule has 0 amide bonds. The minimum absolute atomic E-state index is 0.369. The lowest BCUT2D eigenvalue weighted by Gasteiger charge is -2.20. The Morgan fingerprint density at radius 1 is 1.62 bits per heavy atom. The first-order chi connectivity index (χ1) is 7.52. The van der Waals surface area contributed by atoms with Gasteiger partial charge < -0.3 is 16.0 Å². The molecule has 1 aromatic heterocycles. The van der Waals surface area contributed by atoms with Crippen LogP contribution < -0.4 is 11.1 Å². The van der Waals surface area contributed by atoms with E-state index in [0.29, 0.717) is 11.0 Å². The molecule has 4 nitrogen and oxygen atoms in total. The number of hydrogen-bond donors (Lipinski definition) is 2. The number of anilines is 1. The Hall–Kier alpha value is -1.20. The van der Waals surface area contributed by atoms with E-state index in [4.69, 9.17) is 18.0 Å². The minimum Gasteiger partial charge on any atom is -0.389 e. The molecular weight excluding hydrogens is 220 g/mol. The van der Waals surface area contributed by atoms with Gasteiger partial charge in [-0.25, -0.2) is 4.98 Å². The third-order valence-corrected chi connectivity index (χ3v) is 2.74. The predicted octanol–water partition coefficient (Wildman–Crippen LogP) is 1.08. The largest absolute Gasteiger partial charge is 0.389 e. The van der Waals surface area contributed by atoms with Crippen LogP contribution >= 0.6 is 12.2 Å². The number of nitrogens with two attached hydrogens (primary N) is 1. The van der Waals surface area contributed by atoms with Crippen molar-refractivity contribution >= 4 is 23.0 Å². The summed E-state index contributed by atoms with van der Waals surface area (Å²) in [6.45, 7) is 2.94. The second kappa shape index (κ2) is 5.77. The summed E-state index contributed by atoms with van der Waals surface area (Å²) in [4.78, 5) is 6.74. The molecule has 1 heterocycles. The summed E-state index contributed by atoms with van der Waals surface area (Å²) in [5, 5.41) is 3.26. The molecule has 88 valence electrons. The molecule has 1 unspecified atom stereocenters. The van der Waals surface area contributed by atoms with Crippen molar-refractivity contribution < 1.29 is 0 Å². The summed E-state index contributed by atoms with van der Waals surface area (Å²) in [6, 6.07) is 4.12. The first kappa shape index (κ1) is 12.9. The molecule has 0 aliphatic heterocycles. The molecule has 0 radical (unpaired) electrons. The zero-order chi connectivity index (χ0) is 12.1. The smallest absolute Gasteiger partial charge is 0.136 e. The number of hydrogen-bond acceptors (Lipinski definition) is 4. The van der Waals surface area contributed by atoms with Crippen LogP contribution in [0.3, 0.4) is 0 Å². The monoisotopic (exact) mass is 238 g/mol. The van der Waals surface area contributed by atoms with Gasteiger partial charge in [0.25, 0.3) is 0 Å². The molecule has 0 saturated heterocycles. The van der Waals surface area contributed by atoms with Crippen LogP contribution in [-0.2, 0) is 0 Å². The van der Waals surface area contributed by atoms with Crippen LogP contribution in [0.25, 0.3) is 0 Å². The summed E-state index contributed by atoms with van der Waals surface area (Å²) in [5.41, 5.74) is 6.42. The maximum absolute atomic E-state index is 5.62. The van der Waals surface area contributed by atoms with Crippen LogP contribution in [0.4, 0.5) is 5.82 Å². The van der Waals surface area contributed by atoms with E-state index in [-0.39, 0.29) is 0 Å². The molecule has 5 heteroatoms. The molecule has 0 aromatic carbocycles. The maximum Gasteiger partial charge on any atom is 0.136 e. The molecule has 0 bridgehead atoms. The summed E-state index contributed by atoms with van der Waals surface area (Å²) < 4.78 is 0. The molecule has 1 aromatic rings. The van der Waals surface area contributed by atoms with Gasteiger partial charge in [0.15, 0.2) is 0 Å². The number of pyridine rings is 1. The Morgan fingerprint density at radius 3 is 2.88 bits per heavy atom. The summed E-state index contributed by atoms with van der Waals surface area (Å²) >= 11 is 4.97. The lowest BCUT2D eigenvalue weighted by atomic mass is 10.2. The molecule has 3 N–H and O–H groups in total. The van der Waals surface area contributed by atoms with Crippen LogP contribution in [0, 0.1) is 0 Å². The van der Waals surface area contributed by atoms with Crippen LogP contribution in [-0.4, -0.2) is 41.6 Å². The highest BCUT2D eigenvalue weighted by Gasteiger charge is 2.08. The van der Waals surface area contributed by atoms with E-state index in [1.165, 1.54) is 0 Å². The Morgan fingerprint density at radius 2 is 2.31 bits per heavy atom. The van der Waals surface area contributed by atoms with Crippen molar-refractivity contribution in [3.8, 4) is 0 Å². The third-order valence-electron chi connectivity index (χ3n) is 2.52. The van der Waals surface area contributed by atoms with Gasteiger partial charge in [0.2, 0.25) is 0 Å². The number of nitrogens with zero attached hydrogens (tertiary/aromatic N) is 2. The lowest BCUT2D eigenvalue weighted by molar-refractivity contribution is 0.326. The highest BCUT2D eigenvalue weighted by Crippen LogP contribution is 2.11. The van der Waals surface area contributed by atoms with E-state index < -0.39 is 0 Å². The van der Waals surface area contributed by atoms with Crippen molar-refractivity contribution in [2.24, 2.45) is 5.73 Å². The highest BCUT2D eigenvalue weighted by atomic mass is 32.1. The predicted molar refractivity (Wildman–Crippen MR) is 71.8 cm³/mol. The number of likely N-dealkylation sites (N-methyl/N-ethyl adjacent to an activating group) is 1. The summed E-state index contributed by atoms with van der Waals surface area (Å²) in [6.07, 6.45) is 1.73. The normalized spacial score (nSPS) is 12.5. The third kappa shape index (κ3) is 3.43. The fraction of sp³-hybridized carbons (Fsp3) is 0.455. The van der Waals surface area contributed by atoms with E-state index in [0.717, 1.165) is 17.9 Å². The molecule has 0 aliphatic rings. The second-order valence-corrected chi connectivity index (χ2v) is 4.40. The van der Waals surface area contributed by atoms with Crippen molar-refractivity contribution in [3.63, 3.8) is 0 Å². The van der Waals surface area contributed by atoms with Crippen LogP contribution in [0.5, 0.6) is 0 Å². The average molecular weight is 238 g/mol. The number of rotatable bonds is 5. The van der Waals surface area contributed by atoms with Gasteiger partial charge in [-0.05, 0) is 33.2 Å². The number of aromatic nitrogens is 1. The fourth-order valence-corrected chi connectivity index (χ4v) is 1.34. The highest BCUT2D eigenvalue weighted by molar-refractivity contribution is 7.80. The number of nitrogens with one attached hydrogen (secondary N) is 1. The maximum atomic E-state index is 5.62. The first-order valence-corrected chi connectivity index (χ1v) is 5.58. The molecule has 0 saturated carbocycles. The Kier molecular flexibility index (Phi) is 4.64. The van der Waals surface area contributed by atoms with Gasteiger partial charge in [0.05, 0.1) is 5.56 Å². The van der Waals surface area contributed by atoms with E-state index >= 15 is 0 Å². The van der Waals surface area contributed by atoms with Crippen LogP contribution in [0.15, 0.2) is 18.3 Å². The van der Waals surface area contributed by atoms with E-state index in [9.17, 15) is 0 Å². The van der Waals surface area contributed by atoms with Gasteiger partial charge in [-0.3, -0.25) is 0 Å². The molecule has 1 rings (SSSR count). The van der Waals surface area contributed by atoms with E-state index in [2.05, 4.69) is 22.1 Å². The topological polar surface area (TPSA) is 54.2 Å². The van der Waals surface area contributed by atoms with Gasteiger partial charge in [-0.15, -0.1) is 0 Å². The van der Waals surface area contributed by atoms with Gasteiger partial charge in [-0.1, -0.05) is 12.2 Å². The summed E-state index contributed by atoms with van der Waals surface area (Å²) in [5.74, 6) is 0.753. The second-order valence-electron chi connectivity index (χ2n) is 3.96. The molecule has 1 atom stereocenters. The lowest BCUT2D eigenvalue weighted by Crippen LogP contribution is -2.32. The Labute approximate surface area is 102 Å². The number of thiocarbonyl (C=S) groups is 1. The van der Waals surface area contributed by atoms with Gasteiger partial charge in [0, 0.05) is 18.8 Å². The van der Waals surface area contributed by atoms with Crippen molar-refractivity contribution in [2.75, 3.05) is 26.0 Å². The average Bonchev–Trinajstić information content (AvgIpc) is 2.25. The van der Waals surface area contributed by atoms with E-state index in [1.807, 2.05) is 26.2 Å². The van der Waals surface area contributed by atoms with Crippen molar-refractivity contribution in [2.45, 2.75) is 13.0 Å². The zero-order valence-corrected chi connectivity index (χ0v) is 10.7. The minimum atomic E-state index is 0.369. The first-order valence-electron chi connectivity index (χ1n) is 5.17. The van der Waals surface area contributed by atoms with Gasteiger partial charge in [0.1, 0.15) is 10.8 Å². The zero-order valence-electron chi connectivity index (χ0n) is 9.90. The standard InChI is InChI=1S/C11H18N4S/c1-8(15(2)3)7-14-11-9(10(12)16)5-4-6-13-11/h4-6,8H,7H2,1-3H3,(H2,12,16)(H,13,14). The fourth-order valence-electron chi connectivity index (χ4n) is 1.17. The van der Waals surface area contributed by atoms with Crippen LogP contribution in [0.1, 0.15) is 12.5 Å². The molecule has 0 spiro atoms. The van der Waals surface area contributed by atoms with Crippen molar-refractivity contribution in [3.05, 3.63) is 23.9 Å². The van der Waals surface area contributed by atoms with E-state index in [1.54, 1.807) is 6.20 Å². The Balaban J connectivity index is 2.70. The SMILES string of the molecule is CC(CNc1ncccc1C(N)=S)N(C)C. The molecule has 16 heavy (non-hydrogen) atoms. The molecule has 0 fully saturated rings. The van der Waals surface area contributed by atoms with Crippen molar-refractivity contribution in [1.29, 1.82) is 0 Å². The molecule has 0 aliphatic carbocycles. The van der Waals surface area contributed by atoms with Gasteiger partial charge in [-0.2, -0.15) is 0 Å².